The van der Waals surface area contributed by atoms with E-state index in [0.717, 1.165) is 31.6 Å². The normalized spacial score (nSPS) is 12.0. The number of rotatable bonds is 8. The predicted molar refractivity (Wildman–Crippen MR) is 78.4 cm³/mol. The van der Waals surface area contributed by atoms with E-state index in [2.05, 4.69) is 9.62 Å². The number of likely N-dealkylation sites (N-methyl/N-ethyl adjacent to an activating group) is 1. The third kappa shape index (κ3) is 4.90. The monoisotopic (exact) mass is 321 g/mol. The van der Waals surface area contributed by atoms with Gasteiger partial charge in [0, 0.05) is 18.8 Å². The summed E-state index contributed by atoms with van der Waals surface area (Å²) < 4.78 is 53.1. The van der Waals surface area contributed by atoms with E-state index in [4.69, 9.17) is 5.73 Å². The molecule has 0 amide bonds. The van der Waals surface area contributed by atoms with Crippen molar-refractivity contribution in [2.75, 3.05) is 31.9 Å². The lowest BCUT2D eigenvalue weighted by atomic mass is 10.3. The number of benzene rings is 1. The van der Waals surface area contributed by atoms with Crippen molar-refractivity contribution in [2.24, 2.45) is 0 Å². The van der Waals surface area contributed by atoms with Crippen LogP contribution in [-0.2, 0) is 10.0 Å². The smallest absolute Gasteiger partial charge is 0.243 e. The average molecular weight is 321 g/mol. The zero-order valence-electron chi connectivity index (χ0n) is 12.2. The van der Waals surface area contributed by atoms with Crippen LogP contribution in [0.25, 0.3) is 0 Å². The molecule has 0 aliphatic rings. The molecule has 0 saturated heterocycles. The second-order valence-electron chi connectivity index (χ2n) is 4.65. The van der Waals surface area contributed by atoms with Crippen molar-refractivity contribution in [3.63, 3.8) is 0 Å². The van der Waals surface area contributed by atoms with E-state index in [-0.39, 0.29) is 12.2 Å². The number of hydrogen-bond donors (Lipinski definition) is 2. The van der Waals surface area contributed by atoms with Gasteiger partial charge in [-0.1, -0.05) is 13.8 Å². The zero-order chi connectivity index (χ0) is 16.0. The fourth-order valence-electron chi connectivity index (χ4n) is 1.94. The summed E-state index contributed by atoms with van der Waals surface area (Å²) in [4.78, 5) is 1.29. The molecule has 0 spiro atoms. The molecule has 0 aliphatic carbocycles. The average Bonchev–Trinajstić information content (AvgIpc) is 2.41. The Balaban J connectivity index is 2.79. The van der Waals surface area contributed by atoms with Crippen molar-refractivity contribution < 1.29 is 17.2 Å². The highest BCUT2D eigenvalue weighted by Gasteiger charge is 2.22. The van der Waals surface area contributed by atoms with Crippen molar-refractivity contribution in [3.05, 3.63) is 23.8 Å². The lowest BCUT2D eigenvalue weighted by Gasteiger charge is -2.19. The minimum Gasteiger partial charge on any atom is -0.399 e. The van der Waals surface area contributed by atoms with E-state index in [9.17, 15) is 17.2 Å². The molecule has 5 nitrogen and oxygen atoms in total. The van der Waals surface area contributed by atoms with Crippen LogP contribution in [-0.4, -0.2) is 39.5 Å². The minimum atomic E-state index is -4.13. The number of halogens is 2. The molecule has 1 aromatic carbocycles. The Bertz CT molecular complexity index is 579. The van der Waals surface area contributed by atoms with Crippen molar-refractivity contribution in [3.8, 4) is 0 Å². The molecule has 0 aliphatic heterocycles. The van der Waals surface area contributed by atoms with Crippen molar-refractivity contribution >= 4 is 15.7 Å². The largest absolute Gasteiger partial charge is 0.399 e. The third-order valence-corrected chi connectivity index (χ3v) is 4.47. The quantitative estimate of drug-likeness (QED) is 0.713. The maximum atomic E-state index is 13.6. The molecule has 0 radical (unpaired) electrons. The van der Waals surface area contributed by atoms with Crippen molar-refractivity contribution in [2.45, 2.75) is 25.2 Å². The van der Waals surface area contributed by atoms with E-state index >= 15 is 0 Å². The molecule has 8 heteroatoms. The van der Waals surface area contributed by atoms with Crippen LogP contribution in [0.5, 0.6) is 0 Å². The Labute approximate surface area is 124 Å². The molecule has 0 aromatic heterocycles. The summed E-state index contributed by atoms with van der Waals surface area (Å²) >= 11 is 0. The molecule has 0 saturated carbocycles. The van der Waals surface area contributed by atoms with Gasteiger partial charge in [0.1, 0.15) is 4.90 Å². The van der Waals surface area contributed by atoms with Gasteiger partial charge in [-0.2, -0.15) is 0 Å². The highest BCUT2D eigenvalue weighted by Crippen LogP contribution is 2.20. The van der Waals surface area contributed by atoms with Gasteiger partial charge in [-0.3, -0.25) is 0 Å². The Morgan fingerprint density at radius 3 is 2.48 bits per heavy atom. The van der Waals surface area contributed by atoms with E-state index in [1.807, 2.05) is 13.8 Å². The van der Waals surface area contributed by atoms with Gasteiger partial charge >= 0.3 is 0 Å². The highest BCUT2D eigenvalue weighted by molar-refractivity contribution is 7.89. The molecule has 0 atom stereocenters. The molecule has 0 fully saturated rings. The third-order valence-electron chi connectivity index (χ3n) is 3.01. The second-order valence-corrected chi connectivity index (χ2v) is 6.38. The maximum absolute atomic E-state index is 13.6. The van der Waals surface area contributed by atoms with Crippen LogP contribution in [0.3, 0.4) is 0 Å². The van der Waals surface area contributed by atoms with Crippen molar-refractivity contribution in [1.29, 1.82) is 0 Å². The summed E-state index contributed by atoms with van der Waals surface area (Å²) in [5, 5.41) is 0. The van der Waals surface area contributed by atoms with Gasteiger partial charge in [-0.25, -0.2) is 21.9 Å². The van der Waals surface area contributed by atoms with Gasteiger partial charge in [0.25, 0.3) is 0 Å². The predicted octanol–water partition coefficient (Wildman–Crippen LogP) is 1.56. The molecule has 0 heterocycles. The molecule has 0 unspecified atom stereocenters. The first kappa shape index (κ1) is 17.8. The lowest BCUT2D eigenvalue weighted by Crippen LogP contribution is -2.35. The Morgan fingerprint density at radius 1 is 1.24 bits per heavy atom. The Kier molecular flexibility index (Phi) is 6.50. The first-order chi connectivity index (χ1) is 9.81. The number of nitrogens with two attached hydrogens (primary N) is 1. The van der Waals surface area contributed by atoms with Gasteiger partial charge in [-0.05, 0) is 31.6 Å². The van der Waals surface area contributed by atoms with Crippen LogP contribution < -0.4 is 10.5 Å². The molecular weight excluding hydrogens is 300 g/mol. The topological polar surface area (TPSA) is 75.4 Å². The first-order valence-electron chi connectivity index (χ1n) is 6.78. The van der Waals surface area contributed by atoms with Gasteiger partial charge in [-0.15, -0.1) is 0 Å². The Morgan fingerprint density at radius 2 is 1.90 bits per heavy atom. The van der Waals surface area contributed by atoms with E-state index in [1.54, 1.807) is 0 Å². The van der Waals surface area contributed by atoms with Gasteiger partial charge in [0.2, 0.25) is 10.0 Å². The van der Waals surface area contributed by atoms with Crippen molar-refractivity contribution in [1.82, 2.24) is 9.62 Å². The maximum Gasteiger partial charge on any atom is 0.243 e. The van der Waals surface area contributed by atoms with Crippen LogP contribution >= 0.6 is 0 Å². The summed E-state index contributed by atoms with van der Waals surface area (Å²) in [5.74, 6) is -2.70. The fraction of sp³-hybridized carbons (Fsp3) is 0.538. The van der Waals surface area contributed by atoms with E-state index in [1.165, 1.54) is 0 Å². The van der Waals surface area contributed by atoms with E-state index in [0.29, 0.717) is 6.54 Å². The van der Waals surface area contributed by atoms with Crippen LogP contribution in [0.15, 0.2) is 17.0 Å². The van der Waals surface area contributed by atoms with E-state index < -0.39 is 26.6 Å². The Hall–Kier alpha value is -1.25. The van der Waals surface area contributed by atoms with Gasteiger partial charge in [0.15, 0.2) is 11.6 Å². The lowest BCUT2D eigenvalue weighted by molar-refractivity contribution is 0.293. The standard InChI is InChI=1S/C13H21F2N3O2S/c1-3-6-18(4-2)7-5-17-21(19,20)12-9-10(16)8-11(14)13(12)15/h8-9,17H,3-7,16H2,1-2H3. The number of anilines is 1. The molecule has 0 bridgehead atoms. The highest BCUT2D eigenvalue weighted by atomic mass is 32.2. The summed E-state index contributed by atoms with van der Waals surface area (Å²) in [5.41, 5.74) is 5.21. The van der Waals surface area contributed by atoms with Gasteiger partial charge < -0.3 is 10.6 Å². The number of nitrogens with zero attached hydrogens (tertiary/aromatic N) is 1. The van der Waals surface area contributed by atoms with Crippen LogP contribution in [0.1, 0.15) is 20.3 Å². The summed E-state index contributed by atoms with van der Waals surface area (Å²) in [7, 11) is -4.13. The molecule has 1 aromatic rings. The SMILES string of the molecule is CCCN(CC)CCNS(=O)(=O)c1cc(N)cc(F)c1F. The minimum absolute atomic E-state index is 0.117. The van der Waals surface area contributed by atoms with Crippen LogP contribution in [0.2, 0.25) is 0 Å². The molecule has 3 N–H and O–H groups in total. The summed E-state index contributed by atoms with van der Waals surface area (Å²) in [6.07, 6.45) is 0.954. The number of nitrogen functional groups attached to an aromatic ring is 1. The molecule has 120 valence electrons. The van der Waals surface area contributed by atoms with Crippen LogP contribution in [0.4, 0.5) is 14.5 Å². The van der Waals surface area contributed by atoms with Crippen LogP contribution in [0, 0.1) is 11.6 Å². The van der Waals surface area contributed by atoms with Gasteiger partial charge in [0.05, 0.1) is 0 Å². The number of hydrogen-bond acceptors (Lipinski definition) is 4. The zero-order valence-corrected chi connectivity index (χ0v) is 13.0. The fourth-order valence-corrected chi connectivity index (χ4v) is 3.08. The first-order valence-corrected chi connectivity index (χ1v) is 8.26. The summed E-state index contributed by atoms with van der Waals surface area (Å²) in [6, 6.07) is 1.65. The second kappa shape index (κ2) is 7.67. The summed E-state index contributed by atoms with van der Waals surface area (Å²) in [6.45, 7) is 6.24. The molecule has 21 heavy (non-hydrogen) atoms. The number of nitrogens with one attached hydrogen (secondary N) is 1. The molecule has 1 rings (SSSR count). The number of sulfonamides is 1. The molecular formula is C13H21F2N3O2S.